The molecule has 0 atom stereocenters. The third-order valence-electron chi connectivity index (χ3n) is 0.891. The lowest BCUT2D eigenvalue weighted by molar-refractivity contribution is 0.307. The van der Waals surface area contributed by atoms with Crippen LogP contribution in [0.1, 0.15) is 6.42 Å². The molecule has 0 aliphatic rings. The molecule has 2 heteroatoms. The van der Waals surface area contributed by atoms with E-state index >= 15 is 0 Å². The van der Waals surface area contributed by atoms with E-state index in [1.165, 1.54) is 0 Å². The lowest BCUT2D eigenvalue weighted by atomic mass is 10.3. The van der Waals surface area contributed by atoms with Crippen molar-refractivity contribution in [3.8, 4) is 0 Å². The zero-order chi connectivity index (χ0) is 6.41. The normalized spacial score (nSPS) is 11.5. The molecule has 0 aromatic rings. The van der Waals surface area contributed by atoms with Crippen molar-refractivity contribution in [2.45, 2.75) is 6.42 Å². The highest BCUT2D eigenvalue weighted by Gasteiger charge is 1.86. The molecule has 8 heavy (non-hydrogen) atoms. The van der Waals surface area contributed by atoms with E-state index < -0.39 is 0 Å². The summed E-state index contributed by atoms with van der Waals surface area (Å²) in [7, 11) is 1.69. The first-order chi connectivity index (χ1) is 3.85. The Balaban J connectivity index is 3.54. The van der Waals surface area contributed by atoms with E-state index in [1.54, 1.807) is 13.1 Å². The van der Waals surface area contributed by atoms with Crippen molar-refractivity contribution >= 4 is 5.71 Å². The Morgan fingerprint density at radius 3 is 2.62 bits per heavy atom. The van der Waals surface area contributed by atoms with Gasteiger partial charge in [0.25, 0.3) is 0 Å². The Bertz CT molecular complexity index is 96.7. The number of allylic oxidation sites excluding steroid dienone is 1. The molecule has 0 fully saturated rings. The molecule has 1 N–H and O–H groups in total. The maximum Gasteiger partial charge on any atom is 0.0486 e. The first-order valence-corrected chi connectivity index (χ1v) is 2.54. The summed E-state index contributed by atoms with van der Waals surface area (Å²) in [5.41, 5.74) is 0.854. The first-order valence-electron chi connectivity index (χ1n) is 2.54. The van der Waals surface area contributed by atoms with Crippen LogP contribution < -0.4 is 0 Å². The van der Waals surface area contributed by atoms with E-state index in [1.807, 2.05) is 0 Å². The number of aliphatic hydroxyl groups excluding tert-OH is 1. The van der Waals surface area contributed by atoms with E-state index in [2.05, 4.69) is 11.6 Å². The monoisotopic (exact) mass is 113 g/mol. The Morgan fingerprint density at radius 2 is 2.50 bits per heavy atom. The van der Waals surface area contributed by atoms with Crippen LogP contribution in [0.5, 0.6) is 0 Å². The van der Waals surface area contributed by atoms with Gasteiger partial charge in [0.05, 0.1) is 0 Å². The van der Waals surface area contributed by atoms with E-state index in [-0.39, 0.29) is 6.61 Å². The third-order valence-corrected chi connectivity index (χ3v) is 0.891. The molecule has 0 radical (unpaired) electrons. The summed E-state index contributed by atoms with van der Waals surface area (Å²) in [5.74, 6) is 0. The van der Waals surface area contributed by atoms with Crippen LogP contribution in [0.25, 0.3) is 0 Å². The van der Waals surface area contributed by atoms with Gasteiger partial charge in [0.15, 0.2) is 0 Å². The molecular formula is C6H11NO. The SMILES string of the molecule is C=CC(CCO)=NC. The third kappa shape index (κ3) is 2.53. The van der Waals surface area contributed by atoms with Gasteiger partial charge in [-0.3, -0.25) is 4.99 Å². The van der Waals surface area contributed by atoms with E-state index in [4.69, 9.17) is 5.11 Å². The largest absolute Gasteiger partial charge is 0.396 e. The summed E-state index contributed by atoms with van der Waals surface area (Å²) in [6.45, 7) is 3.66. The van der Waals surface area contributed by atoms with Gasteiger partial charge in [-0.2, -0.15) is 0 Å². The molecule has 0 aliphatic carbocycles. The molecule has 0 aromatic carbocycles. The molecule has 0 aliphatic heterocycles. The maximum absolute atomic E-state index is 8.37. The summed E-state index contributed by atoms with van der Waals surface area (Å²) in [4.78, 5) is 3.83. The number of hydrogen-bond donors (Lipinski definition) is 1. The van der Waals surface area contributed by atoms with Gasteiger partial charge in [-0.05, 0) is 6.08 Å². The summed E-state index contributed by atoms with van der Waals surface area (Å²) in [6.07, 6.45) is 2.26. The fraction of sp³-hybridized carbons (Fsp3) is 0.500. The Morgan fingerprint density at radius 1 is 1.88 bits per heavy atom. The van der Waals surface area contributed by atoms with Crippen LogP contribution in [-0.2, 0) is 0 Å². The Labute approximate surface area is 49.6 Å². The number of aliphatic hydroxyl groups is 1. The molecule has 0 amide bonds. The van der Waals surface area contributed by atoms with Crippen molar-refractivity contribution in [2.24, 2.45) is 4.99 Å². The highest BCUT2D eigenvalue weighted by molar-refractivity contribution is 5.94. The highest BCUT2D eigenvalue weighted by atomic mass is 16.3. The van der Waals surface area contributed by atoms with E-state index in [9.17, 15) is 0 Å². The number of aliphatic imine (C=N–C) groups is 1. The van der Waals surface area contributed by atoms with Crippen molar-refractivity contribution in [2.75, 3.05) is 13.7 Å². The quantitative estimate of drug-likeness (QED) is 0.535. The molecule has 46 valence electrons. The molecule has 0 bridgehead atoms. The minimum absolute atomic E-state index is 0.151. The van der Waals surface area contributed by atoms with Crippen molar-refractivity contribution < 1.29 is 5.11 Å². The molecule has 2 nitrogen and oxygen atoms in total. The minimum Gasteiger partial charge on any atom is -0.396 e. The molecular weight excluding hydrogens is 102 g/mol. The van der Waals surface area contributed by atoms with Crippen LogP contribution in [0.15, 0.2) is 17.6 Å². The zero-order valence-corrected chi connectivity index (χ0v) is 5.09. The van der Waals surface area contributed by atoms with Crippen LogP contribution in [0.4, 0.5) is 0 Å². The first kappa shape index (κ1) is 7.37. The van der Waals surface area contributed by atoms with Gasteiger partial charge in [0, 0.05) is 25.8 Å². The molecule has 0 saturated carbocycles. The zero-order valence-electron chi connectivity index (χ0n) is 5.09. The molecule has 0 saturated heterocycles. The highest BCUT2D eigenvalue weighted by Crippen LogP contribution is 1.84. The van der Waals surface area contributed by atoms with Crippen molar-refractivity contribution in [1.29, 1.82) is 0 Å². The van der Waals surface area contributed by atoms with Crippen molar-refractivity contribution in [1.82, 2.24) is 0 Å². The fourth-order valence-corrected chi connectivity index (χ4v) is 0.420. The topological polar surface area (TPSA) is 32.6 Å². The maximum atomic E-state index is 8.37. The summed E-state index contributed by atoms with van der Waals surface area (Å²) in [5, 5.41) is 8.37. The van der Waals surface area contributed by atoms with Crippen molar-refractivity contribution in [3.05, 3.63) is 12.7 Å². The fourth-order valence-electron chi connectivity index (χ4n) is 0.420. The van der Waals surface area contributed by atoms with Crippen molar-refractivity contribution in [3.63, 3.8) is 0 Å². The van der Waals surface area contributed by atoms with Gasteiger partial charge in [-0.15, -0.1) is 0 Å². The summed E-state index contributed by atoms with van der Waals surface area (Å²) < 4.78 is 0. The number of rotatable bonds is 3. The minimum atomic E-state index is 0.151. The molecule has 0 spiro atoms. The predicted molar refractivity (Wildman–Crippen MR) is 35.3 cm³/mol. The van der Waals surface area contributed by atoms with E-state index in [0.717, 1.165) is 5.71 Å². The second-order valence-electron chi connectivity index (χ2n) is 1.39. The average Bonchev–Trinajstić information content (AvgIpc) is 1.83. The second-order valence-corrected chi connectivity index (χ2v) is 1.39. The van der Waals surface area contributed by atoms with Gasteiger partial charge in [0.1, 0.15) is 0 Å². The van der Waals surface area contributed by atoms with Crippen LogP contribution in [0.3, 0.4) is 0 Å². The van der Waals surface area contributed by atoms with Crippen LogP contribution in [0.2, 0.25) is 0 Å². The van der Waals surface area contributed by atoms with Gasteiger partial charge in [0.2, 0.25) is 0 Å². The number of hydrogen-bond acceptors (Lipinski definition) is 2. The average molecular weight is 113 g/mol. The van der Waals surface area contributed by atoms with Crippen LogP contribution in [0, 0.1) is 0 Å². The molecule has 0 heterocycles. The molecule has 0 aromatic heterocycles. The molecule has 0 unspecified atom stereocenters. The standard InChI is InChI=1S/C6H11NO/c1-3-6(7-2)4-5-8/h3,8H,1,4-5H2,2H3. The Kier molecular flexibility index (Phi) is 4.17. The summed E-state index contributed by atoms with van der Waals surface area (Å²) >= 11 is 0. The smallest absolute Gasteiger partial charge is 0.0486 e. The van der Waals surface area contributed by atoms with Gasteiger partial charge < -0.3 is 5.11 Å². The van der Waals surface area contributed by atoms with Crippen LogP contribution in [-0.4, -0.2) is 24.5 Å². The lowest BCUT2D eigenvalue weighted by Crippen LogP contribution is -1.95. The van der Waals surface area contributed by atoms with E-state index in [0.29, 0.717) is 6.42 Å². The Hall–Kier alpha value is -0.630. The lowest BCUT2D eigenvalue weighted by Gasteiger charge is -1.91. The van der Waals surface area contributed by atoms with Gasteiger partial charge >= 0.3 is 0 Å². The second kappa shape index (κ2) is 4.53. The number of nitrogens with zero attached hydrogens (tertiary/aromatic N) is 1. The van der Waals surface area contributed by atoms with Crippen LogP contribution >= 0.6 is 0 Å². The van der Waals surface area contributed by atoms with Gasteiger partial charge in [-0.1, -0.05) is 6.58 Å². The summed E-state index contributed by atoms with van der Waals surface area (Å²) in [6, 6.07) is 0. The molecule has 0 rings (SSSR count). The van der Waals surface area contributed by atoms with Gasteiger partial charge in [-0.25, -0.2) is 0 Å². The predicted octanol–water partition coefficient (Wildman–Crippen LogP) is 0.626.